The van der Waals surface area contributed by atoms with E-state index in [4.69, 9.17) is 0 Å². The van der Waals surface area contributed by atoms with Gasteiger partial charge in [0.25, 0.3) is 0 Å². The van der Waals surface area contributed by atoms with E-state index in [0.29, 0.717) is 5.39 Å². The van der Waals surface area contributed by atoms with Crippen molar-refractivity contribution < 1.29 is 8.42 Å². The molecule has 0 unspecified atom stereocenters. The Hall–Kier alpha value is -1.85. The van der Waals surface area contributed by atoms with Crippen molar-refractivity contribution in [3.63, 3.8) is 0 Å². The summed E-state index contributed by atoms with van der Waals surface area (Å²) in [5.41, 5.74) is 0.804. The van der Waals surface area contributed by atoms with Gasteiger partial charge >= 0.3 is 0 Å². The summed E-state index contributed by atoms with van der Waals surface area (Å²) in [6.07, 6.45) is 4.66. The first-order valence-corrected chi connectivity index (χ1v) is 7.33. The first kappa shape index (κ1) is 13.6. The molecule has 5 heteroatoms. The lowest BCUT2D eigenvalue weighted by molar-refractivity contribution is 0.475. The molecule has 0 spiro atoms. The van der Waals surface area contributed by atoms with Crippen LogP contribution in [0.15, 0.2) is 60.7 Å². The van der Waals surface area contributed by atoms with E-state index in [0.717, 1.165) is 5.52 Å². The number of nitrogens with one attached hydrogen (secondary N) is 1. The zero-order valence-electron chi connectivity index (χ0n) is 10.5. The summed E-state index contributed by atoms with van der Waals surface area (Å²) in [6.45, 7) is 7.70. The Kier molecular flexibility index (Phi) is 3.87. The van der Waals surface area contributed by atoms with Crippen LogP contribution in [-0.2, 0) is 10.0 Å². The van der Waals surface area contributed by atoms with E-state index in [2.05, 4.69) is 18.1 Å². The molecule has 4 nitrogen and oxygen atoms in total. The molecule has 0 aliphatic heterocycles. The van der Waals surface area contributed by atoms with Crippen LogP contribution in [0, 0.1) is 0 Å². The molecule has 0 radical (unpaired) electrons. The number of nitrogens with zero attached hydrogens (tertiary/aromatic N) is 1. The van der Waals surface area contributed by atoms with Crippen LogP contribution in [0.4, 0.5) is 0 Å². The number of aromatic amines is 1. The van der Waals surface area contributed by atoms with Gasteiger partial charge in [0.2, 0.25) is 10.0 Å². The molecular weight excluding hydrogens is 260 g/mol. The molecule has 2 rings (SSSR count). The fourth-order valence-corrected chi connectivity index (χ4v) is 3.50. The van der Waals surface area contributed by atoms with E-state index < -0.39 is 10.0 Å². The maximum Gasteiger partial charge on any atom is 0.245 e. The van der Waals surface area contributed by atoms with Crippen molar-refractivity contribution in [1.82, 2.24) is 9.29 Å². The van der Waals surface area contributed by atoms with E-state index in [9.17, 15) is 8.42 Å². The molecule has 0 atom stereocenters. The molecule has 1 heterocycles. The third-order valence-corrected chi connectivity index (χ3v) is 4.71. The van der Waals surface area contributed by atoms with Crippen LogP contribution >= 0.6 is 0 Å². The fourth-order valence-electron chi connectivity index (χ4n) is 1.96. The lowest BCUT2D eigenvalue weighted by Gasteiger charge is -2.18. The number of hydrogen-bond donors (Lipinski definition) is 1. The van der Waals surface area contributed by atoms with Crippen molar-refractivity contribution >= 4 is 20.9 Å². The Balaban J connectivity index is 2.54. The molecule has 0 aliphatic rings. The van der Waals surface area contributed by atoms with Gasteiger partial charge in [-0.1, -0.05) is 30.4 Å². The fraction of sp³-hybridized carbons (Fsp3) is 0.143. The van der Waals surface area contributed by atoms with Crippen molar-refractivity contribution in [3.05, 3.63) is 55.8 Å². The molecule has 2 aromatic rings. The Morgan fingerprint density at radius 2 is 1.79 bits per heavy atom. The van der Waals surface area contributed by atoms with Crippen LogP contribution in [0.2, 0.25) is 0 Å². The number of sulfonamides is 1. The topological polar surface area (TPSA) is 53.2 Å². The quantitative estimate of drug-likeness (QED) is 0.824. The molecule has 0 bridgehead atoms. The van der Waals surface area contributed by atoms with E-state index >= 15 is 0 Å². The standard InChI is InChI=1S/C14H16N2O2S/c1-3-9-16(10-4-2)19(17,18)14-11-15-13-8-6-5-7-12(13)14/h3-8,11,15H,1-2,9-10H2. The lowest BCUT2D eigenvalue weighted by Crippen LogP contribution is -2.31. The molecule has 1 aromatic carbocycles. The van der Waals surface area contributed by atoms with Crippen molar-refractivity contribution in [3.8, 4) is 0 Å². The highest BCUT2D eigenvalue weighted by Crippen LogP contribution is 2.25. The number of aromatic nitrogens is 1. The number of rotatable bonds is 6. The summed E-state index contributed by atoms with van der Waals surface area (Å²) in [6, 6.07) is 7.32. The van der Waals surface area contributed by atoms with Gasteiger partial charge in [0.05, 0.1) is 0 Å². The van der Waals surface area contributed by atoms with Gasteiger partial charge < -0.3 is 4.98 Å². The van der Waals surface area contributed by atoms with E-state index in [1.54, 1.807) is 18.2 Å². The summed E-state index contributed by atoms with van der Waals surface area (Å²) in [4.78, 5) is 3.26. The maximum atomic E-state index is 12.6. The second-order valence-corrected chi connectivity index (χ2v) is 6.00. The van der Waals surface area contributed by atoms with Crippen LogP contribution in [0.25, 0.3) is 10.9 Å². The summed E-state index contributed by atoms with van der Waals surface area (Å²) >= 11 is 0. The average Bonchev–Trinajstić information content (AvgIpc) is 2.83. The summed E-state index contributed by atoms with van der Waals surface area (Å²) in [7, 11) is -3.55. The van der Waals surface area contributed by atoms with Gasteiger partial charge in [0, 0.05) is 30.2 Å². The maximum absolute atomic E-state index is 12.6. The number of fused-ring (bicyclic) bond motifs is 1. The Labute approximate surface area is 113 Å². The van der Waals surface area contributed by atoms with Gasteiger partial charge in [-0.15, -0.1) is 13.2 Å². The van der Waals surface area contributed by atoms with Gasteiger partial charge in [-0.25, -0.2) is 8.42 Å². The SMILES string of the molecule is C=CCN(CC=C)S(=O)(=O)c1c[nH]c2ccccc12. The second kappa shape index (κ2) is 5.42. The van der Waals surface area contributed by atoms with Crippen molar-refractivity contribution in [2.45, 2.75) is 4.90 Å². The molecule has 1 N–H and O–H groups in total. The predicted octanol–water partition coefficient (Wildman–Crippen LogP) is 2.53. The summed E-state index contributed by atoms with van der Waals surface area (Å²) in [5.74, 6) is 0. The van der Waals surface area contributed by atoms with Crippen molar-refractivity contribution in [1.29, 1.82) is 0 Å². The summed E-state index contributed by atoms with van der Waals surface area (Å²) in [5, 5.41) is 0.695. The first-order valence-electron chi connectivity index (χ1n) is 5.89. The van der Waals surface area contributed by atoms with E-state index in [1.165, 1.54) is 10.5 Å². The van der Waals surface area contributed by atoms with Crippen molar-refractivity contribution in [2.24, 2.45) is 0 Å². The molecule has 1 aromatic heterocycles. The number of para-hydroxylation sites is 1. The van der Waals surface area contributed by atoms with E-state index in [1.807, 2.05) is 18.2 Å². The zero-order chi connectivity index (χ0) is 13.9. The third-order valence-electron chi connectivity index (χ3n) is 2.83. The molecule has 0 saturated carbocycles. The Morgan fingerprint density at radius 1 is 1.16 bits per heavy atom. The number of hydrogen-bond acceptors (Lipinski definition) is 2. The smallest absolute Gasteiger partial charge is 0.245 e. The summed E-state index contributed by atoms with van der Waals surface area (Å²) < 4.78 is 26.5. The van der Waals surface area contributed by atoms with Gasteiger partial charge in [-0.05, 0) is 6.07 Å². The van der Waals surface area contributed by atoms with Crippen LogP contribution in [-0.4, -0.2) is 30.8 Å². The highest BCUT2D eigenvalue weighted by atomic mass is 32.2. The van der Waals surface area contributed by atoms with Gasteiger partial charge in [0.15, 0.2) is 0 Å². The normalized spacial score (nSPS) is 11.8. The Morgan fingerprint density at radius 3 is 2.42 bits per heavy atom. The largest absolute Gasteiger partial charge is 0.360 e. The Bertz CT molecular complexity index is 691. The minimum absolute atomic E-state index is 0.258. The first-order chi connectivity index (χ1) is 9.11. The van der Waals surface area contributed by atoms with Crippen LogP contribution in [0.3, 0.4) is 0 Å². The minimum Gasteiger partial charge on any atom is -0.360 e. The number of benzene rings is 1. The molecule has 19 heavy (non-hydrogen) atoms. The molecule has 0 saturated heterocycles. The molecular formula is C14H16N2O2S. The zero-order valence-corrected chi connectivity index (χ0v) is 11.4. The molecule has 0 fully saturated rings. The van der Waals surface area contributed by atoms with Crippen molar-refractivity contribution in [2.75, 3.05) is 13.1 Å². The predicted molar refractivity (Wildman–Crippen MR) is 77.5 cm³/mol. The number of H-pyrrole nitrogens is 1. The minimum atomic E-state index is -3.55. The van der Waals surface area contributed by atoms with E-state index in [-0.39, 0.29) is 18.0 Å². The highest BCUT2D eigenvalue weighted by molar-refractivity contribution is 7.89. The molecule has 0 amide bonds. The monoisotopic (exact) mass is 276 g/mol. The lowest BCUT2D eigenvalue weighted by atomic mass is 10.2. The second-order valence-electron chi connectivity index (χ2n) is 4.10. The van der Waals surface area contributed by atoms with Gasteiger partial charge in [-0.3, -0.25) is 0 Å². The molecule has 0 aliphatic carbocycles. The molecule has 100 valence electrons. The highest BCUT2D eigenvalue weighted by Gasteiger charge is 2.25. The van der Waals surface area contributed by atoms with Gasteiger partial charge in [-0.2, -0.15) is 4.31 Å². The van der Waals surface area contributed by atoms with Crippen LogP contribution < -0.4 is 0 Å². The van der Waals surface area contributed by atoms with Crippen LogP contribution in [0.5, 0.6) is 0 Å². The van der Waals surface area contributed by atoms with Gasteiger partial charge in [0.1, 0.15) is 4.90 Å². The van der Waals surface area contributed by atoms with Crippen LogP contribution in [0.1, 0.15) is 0 Å². The third kappa shape index (κ3) is 2.47. The average molecular weight is 276 g/mol.